The molecule has 1 aromatic heterocycles. The summed E-state index contributed by atoms with van der Waals surface area (Å²) in [5.74, 6) is 1.30. The average Bonchev–Trinajstić information content (AvgIpc) is 2.16. The molecule has 0 radical (unpaired) electrons. The van der Waals surface area contributed by atoms with Crippen LogP contribution in [0, 0.1) is 0 Å². The maximum Gasteiger partial charge on any atom is 0.222 e. The smallest absolute Gasteiger partial charge is 0.222 e. The second-order valence-corrected chi connectivity index (χ2v) is 3.65. The highest BCUT2D eigenvalue weighted by molar-refractivity contribution is 5.51. The van der Waals surface area contributed by atoms with Crippen LogP contribution in [-0.4, -0.2) is 30.6 Å². The van der Waals surface area contributed by atoms with Crippen LogP contribution < -0.4 is 16.0 Å². The molecule has 0 saturated carbocycles. The van der Waals surface area contributed by atoms with E-state index in [9.17, 15) is 0 Å². The molecule has 2 rings (SSSR count). The maximum absolute atomic E-state index is 5.65. The third-order valence-corrected chi connectivity index (χ3v) is 2.35. The van der Waals surface area contributed by atoms with E-state index in [2.05, 4.69) is 15.3 Å². The molecule has 0 amide bonds. The zero-order valence-corrected chi connectivity index (χ0v) is 8.54. The van der Waals surface area contributed by atoms with Crippen molar-refractivity contribution >= 4 is 11.8 Å². The summed E-state index contributed by atoms with van der Waals surface area (Å²) in [6.45, 7) is 1.81. The van der Waals surface area contributed by atoms with Gasteiger partial charge in [-0.15, -0.1) is 0 Å². The molecular formula is C9H15N5. The Morgan fingerprint density at radius 3 is 2.86 bits per heavy atom. The molecular weight excluding hydrogens is 178 g/mol. The zero-order chi connectivity index (χ0) is 10.1. The molecule has 1 aromatic rings. The van der Waals surface area contributed by atoms with Gasteiger partial charge in [0.25, 0.3) is 0 Å². The fourth-order valence-electron chi connectivity index (χ4n) is 1.71. The van der Waals surface area contributed by atoms with Crippen molar-refractivity contribution in [3.05, 3.63) is 11.3 Å². The first-order valence-corrected chi connectivity index (χ1v) is 4.72. The summed E-state index contributed by atoms with van der Waals surface area (Å²) in [7, 11) is 3.94. The third kappa shape index (κ3) is 1.50. The van der Waals surface area contributed by atoms with E-state index in [0.717, 1.165) is 31.0 Å². The van der Waals surface area contributed by atoms with E-state index in [1.54, 1.807) is 0 Å². The van der Waals surface area contributed by atoms with Crippen LogP contribution in [0.5, 0.6) is 0 Å². The van der Waals surface area contributed by atoms with Crippen LogP contribution in [0.15, 0.2) is 0 Å². The molecule has 3 N–H and O–H groups in total. The average molecular weight is 193 g/mol. The predicted molar refractivity (Wildman–Crippen MR) is 56.2 cm³/mol. The van der Waals surface area contributed by atoms with E-state index >= 15 is 0 Å². The lowest BCUT2D eigenvalue weighted by molar-refractivity contribution is 0.626. The topological polar surface area (TPSA) is 67.1 Å². The van der Waals surface area contributed by atoms with Crippen molar-refractivity contribution in [2.45, 2.75) is 13.0 Å². The number of nitrogens with one attached hydrogen (secondary N) is 1. The van der Waals surface area contributed by atoms with Crippen molar-refractivity contribution in [3.63, 3.8) is 0 Å². The molecule has 76 valence electrons. The quantitative estimate of drug-likeness (QED) is 0.645. The summed E-state index contributed by atoms with van der Waals surface area (Å²) in [6.07, 6.45) is 0.933. The number of nitrogens with zero attached hydrogens (tertiary/aromatic N) is 3. The van der Waals surface area contributed by atoms with E-state index in [1.807, 2.05) is 19.0 Å². The van der Waals surface area contributed by atoms with Gasteiger partial charge in [-0.05, 0) is 0 Å². The molecule has 5 heteroatoms. The summed E-state index contributed by atoms with van der Waals surface area (Å²) in [6, 6.07) is 0. The Kier molecular flexibility index (Phi) is 2.25. The molecule has 0 unspecified atom stereocenters. The highest BCUT2D eigenvalue weighted by Crippen LogP contribution is 2.22. The Bertz CT molecular complexity index is 347. The van der Waals surface area contributed by atoms with Crippen LogP contribution >= 0.6 is 0 Å². The molecule has 1 aliphatic rings. The van der Waals surface area contributed by atoms with E-state index in [4.69, 9.17) is 5.73 Å². The first-order valence-electron chi connectivity index (χ1n) is 4.72. The summed E-state index contributed by atoms with van der Waals surface area (Å²) < 4.78 is 0. The van der Waals surface area contributed by atoms with Crippen molar-refractivity contribution in [2.75, 3.05) is 31.3 Å². The summed E-state index contributed by atoms with van der Waals surface area (Å²) in [4.78, 5) is 10.5. The van der Waals surface area contributed by atoms with Gasteiger partial charge >= 0.3 is 0 Å². The highest BCUT2D eigenvalue weighted by Gasteiger charge is 2.17. The second kappa shape index (κ2) is 3.42. The number of fused-ring (bicyclic) bond motifs is 1. The lowest BCUT2D eigenvalue weighted by Gasteiger charge is -2.22. The van der Waals surface area contributed by atoms with E-state index in [-0.39, 0.29) is 0 Å². The van der Waals surface area contributed by atoms with Gasteiger partial charge in [-0.25, -0.2) is 4.98 Å². The number of anilines is 2. The van der Waals surface area contributed by atoms with Crippen molar-refractivity contribution in [1.29, 1.82) is 0 Å². The fraction of sp³-hybridized carbons (Fsp3) is 0.556. The van der Waals surface area contributed by atoms with Crippen LogP contribution in [0.4, 0.5) is 11.8 Å². The Labute approximate surface area is 83.3 Å². The lowest BCUT2D eigenvalue weighted by atomic mass is 10.1. The predicted octanol–water partition coefficient (Wildman–Crippen LogP) is -0.230. The molecule has 0 atom stereocenters. The van der Waals surface area contributed by atoms with E-state index in [0.29, 0.717) is 5.95 Å². The molecule has 14 heavy (non-hydrogen) atoms. The summed E-state index contributed by atoms with van der Waals surface area (Å²) >= 11 is 0. The van der Waals surface area contributed by atoms with Gasteiger partial charge in [-0.2, -0.15) is 4.98 Å². The molecule has 0 spiro atoms. The van der Waals surface area contributed by atoms with Crippen LogP contribution in [0.25, 0.3) is 0 Å². The molecule has 0 aromatic carbocycles. The molecule has 0 aliphatic carbocycles. The first kappa shape index (κ1) is 9.21. The zero-order valence-electron chi connectivity index (χ0n) is 8.54. The number of nitrogens with two attached hydrogens (primary N) is 1. The van der Waals surface area contributed by atoms with Gasteiger partial charge in [0.15, 0.2) is 0 Å². The molecule has 0 bridgehead atoms. The maximum atomic E-state index is 5.65. The van der Waals surface area contributed by atoms with Gasteiger partial charge in [0.2, 0.25) is 5.95 Å². The molecule has 0 fully saturated rings. The van der Waals surface area contributed by atoms with Crippen LogP contribution in [0.3, 0.4) is 0 Å². The minimum absolute atomic E-state index is 0.370. The largest absolute Gasteiger partial charge is 0.368 e. The SMILES string of the molecule is CN(C)c1nc(N)nc2c1CNCC2. The Hall–Kier alpha value is -1.36. The Balaban J connectivity index is 2.52. The lowest BCUT2D eigenvalue weighted by Crippen LogP contribution is -2.28. The van der Waals surface area contributed by atoms with Crippen LogP contribution in [-0.2, 0) is 13.0 Å². The van der Waals surface area contributed by atoms with Gasteiger partial charge in [-0.3, -0.25) is 0 Å². The first-order chi connectivity index (χ1) is 6.68. The van der Waals surface area contributed by atoms with Gasteiger partial charge < -0.3 is 16.0 Å². The molecule has 2 heterocycles. The van der Waals surface area contributed by atoms with Gasteiger partial charge in [0.1, 0.15) is 5.82 Å². The van der Waals surface area contributed by atoms with Crippen LogP contribution in [0.2, 0.25) is 0 Å². The van der Waals surface area contributed by atoms with E-state index < -0.39 is 0 Å². The van der Waals surface area contributed by atoms with Crippen molar-refractivity contribution in [3.8, 4) is 0 Å². The number of hydrogen-bond donors (Lipinski definition) is 2. The Morgan fingerprint density at radius 2 is 2.14 bits per heavy atom. The van der Waals surface area contributed by atoms with Crippen molar-refractivity contribution in [1.82, 2.24) is 15.3 Å². The summed E-state index contributed by atoms with van der Waals surface area (Å²) in [5, 5.41) is 3.31. The van der Waals surface area contributed by atoms with Crippen LogP contribution in [0.1, 0.15) is 11.3 Å². The van der Waals surface area contributed by atoms with Gasteiger partial charge in [0, 0.05) is 39.2 Å². The highest BCUT2D eigenvalue weighted by atomic mass is 15.2. The monoisotopic (exact) mass is 193 g/mol. The number of rotatable bonds is 1. The van der Waals surface area contributed by atoms with Crippen molar-refractivity contribution in [2.24, 2.45) is 0 Å². The third-order valence-electron chi connectivity index (χ3n) is 2.35. The van der Waals surface area contributed by atoms with E-state index in [1.165, 1.54) is 5.56 Å². The Morgan fingerprint density at radius 1 is 1.36 bits per heavy atom. The molecule has 1 aliphatic heterocycles. The number of hydrogen-bond acceptors (Lipinski definition) is 5. The minimum Gasteiger partial charge on any atom is -0.368 e. The number of aromatic nitrogens is 2. The van der Waals surface area contributed by atoms with Gasteiger partial charge in [-0.1, -0.05) is 0 Å². The summed E-state index contributed by atoms with van der Waals surface area (Å²) in [5.41, 5.74) is 7.91. The number of nitrogen functional groups attached to an aromatic ring is 1. The molecule has 0 saturated heterocycles. The normalized spacial score (nSPS) is 15.0. The molecule has 5 nitrogen and oxygen atoms in total. The second-order valence-electron chi connectivity index (χ2n) is 3.65. The standard InChI is InChI=1S/C9H15N5/c1-14(2)8-6-5-11-4-3-7(6)12-9(10)13-8/h11H,3-5H2,1-2H3,(H2,10,12,13). The van der Waals surface area contributed by atoms with Gasteiger partial charge in [0.05, 0.1) is 5.69 Å². The fourth-order valence-corrected chi connectivity index (χ4v) is 1.71. The van der Waals surface area contributed by atoms with Crippen molar-refractivity contribution < 1.29 is 0 Å². The minimum atomic E-state index is 0.370.